The van der Waals surface area contributed by atoms with Crippen molar-refractivity contribution in [2.24, 2.45) is 5.92 Å². The fraction of sp³-hybridized carbons (Fsp3) is 0.667. The third-order valence-electron chi connectivity index (χ3n) is 7.29. The topological polar surface area (TPSA) is 99.8 Å². The van der Waals surface area contributed by atoms with Gasteiger partial charge in [-0.3, -0.25) is 14.4 Å². The Morgan fingerprint density at radius 1 is 0.857 bits per heavy atom. The summed E-state index contributed by atoms with van der Waals surface area (Å²) in [5, 5.41) is 8.94. The number of benzene rings is 1. The van der Waals surface area contributed by atoms with Gasteiger partial charge in [0.2, 0.25) is 0 Å². The highest BCUT2D eigenvalue weighted by atomic mass is 16.5. The smallest absolute Gasteiger partial charge is 0.257 e. The van der Waals surface area contributed by atoms with E-state index < -0.39 is 0 Å². The summed E-state index contributed by atoms with van der Waals surface area (Å²) in [5.74, 6) is 0.345. The van der Waals surface area contributed by atoms with Gasteiger partial charge in [-0.1, -0.05) is 6.92 Å². The van der Waals surface area contributed by atoms with E-state index in [1.807, 2.05) is 6.92 Å². The van der Waals surface area contributed by atoms with E-state index in [1.54, 1.807) is 18.2 Å². The van der Waals surface area contributed by atoms with Crippen molar-refractivity contribution < 1.29 is 19.1 Å². The molecule has 0 bridgehead atoms. The largest absolute Gasteiger partial charge is 0.484 e. The molecule has 3 rings (SSSR count). The second-order valence-electron chi connectivity index (χ2n) is 10.4. The number of carbonyl (C=O) groups is 3. The minimum Gasteiger partial charge on any atom is -0.484 e. The molecule has 0 spiro atoms. The van der Waals surface area contributed by atoms with E-state index >= 15 is 0 Å². The molecular weight excluding hydrogens is 444 g/mol. The molecule has 0 aliphatic heterocycles. The van der Waals surface area contributed by atoms with Crippen LogP contribution in [0, 0.1) is 5.92 Å². The lowest BCUT2D eigenvalue weighted by Crippen LogP contribution is -2.42. The number of rotatable bonds is 9. The van der Waals surface area contributed by atoms with Crippen LogP contribution in [0.5, 0.6) is 5.75 Å². The van der Waals surface area contributed by atoms with Crippen LogP contribution in [0.25, 0.3) is 0 Å². The van der Waals surface area contributed by atoms with Crippen LogP contribution in [0.4, 0.5) is 0 Å². The van der Waals surface area contributed by atoms with Crippen molar-refractivity contribution in [2.45, 2.75) is 83.3 Å². The molecule has 8 heteroatoms. The Hall–Kier alpha value is -2.61. The molecule has 8 nitrogen and oxygen atoms in total. The van der Waals surface area contributed by atoms with Crippen molar-refractivity contribution in [1.82, 2.24) is 20.9 Å². The van der Waals surface area contributed by atoms with Gasteiger partial charge in [0, 0.05) is 35.8 Å². The van der Waals surface area contributed by atoms with Crippen LogP contribution in [0.15, 0.2) is 18.2 Å². The SMILES string of the molecule is CCNC(=O)COc1cc(C(=O)N[C@H]2CC[C@H](C)CC2)cc(C(=O)N[C@H]2CC[C@H](N(C)C)CC2)c1. The van der Waals surface area contributed by atoms with Gasteiger partial charge in [0.1, 0.15) is 5.75 Å². The molecule has 0 radical (unpaired) electrons. The summed E-state index contributed by atoms with van der Waals surface area (Å²) in [7, 11) is 4.19. The molecule has 35 heavy (non-hydrogen) atoms. The van der Waals surface area contributed by atoms with E-state index in [1.165, 1.54) is 0 Å². The van der Waals surface area contributed by atoms with E-state index in [0.29, 0.717) is 35.4 Å². The normalized spacial score (nSPS) is 24.5. The molecule has 0 unspecified atom stereocenters. The van der Waals surface area contributed by atoms with Gasteiger partial charge in [-0.05, 0) is 96.5 Å². The van der Waals surface area contributed by atoms with Gasteiger partial charge in [-0.15, -0.1) is 0 Å². The molecule has 0 atom stereocenters. The zero-order chi connectivity index (χ0) is 25.4. The van der Waals surface area contributed by atoms with Gasteiger partial charge in [0.25, 0.3) is 17.7 Å². The first kappa shape index (κ1) is 27.0. The van der Waals surface area contributed by atoms with E-state index in [0.717, 1.165) is 51.4 Å². The Labute approximate surface area is 209 Å². The molecule has 0 aromatic heterocycles. The first-order valence-electron chi connectivity index (χ1n) is 13.1. The molecule has 2 aliphatic carbocycles. The second kappa shape index (κ2) is 12.9. The second-order valence-corrected chi connectivity index (χ2v) is 10.4. The Balaban J connectivity index is 1.70. The van der Waals surface area contributed by atoms with Crippen LogP contribution in [-0.4, -0.2) is 68.0 Å². The van der Waals surface area contributed by atoms with Crippen molar-refractivity contribution >= 4 is 17.7 Å². The number of carbonyl (C=O) groups excluding carboxylic acids is 3. The summed E-state index contributed by atoms with van der Waals surface area (Å²) in [6.07, 6.45) is 8.06. The Bertz CT molecular complexity index is 872. The van der Waals surface area contributed by atoms with Crippen molar-refractivity contribution in [3.63, 3.8) is 0 Å². The summed E-state index contributed by atoms with van der Waals surface area (Å²) >= 11 is 0. The van der Waals surface area contributed by atoms with E-state index in [2.05, 4.69) is 41.9 Å². The molecule has 2 saturated carbocycles. The van der Waals surface area contributed by atoms with Crippen LogP contribution in [0.3, 0.4) is 0 Å². The average Bonchev–Trinajstić information content (AvgIpc) is 2.84. The Morgan fingerprint density at radius 2 is 1.37 bits per heavy atom. The molecule has 3 N–H and O–H groups in total. The van der Waals surface area contributed by atoms with Crippen LogP contribution >= 0.6 is 0 Å². The lowest BCUT2D eigenvalue weighted by molar-refractivity contribution is -0.122. The zero-order valence-electron chi connectivity index (χ0n) is 21.7. The fourth-order valence-corrected chi connectivity index (χ4v) is 5.02. The van der Waals surface area contributed by atoms with Gasteiger partial charge in [0.05, 0.1) is 0 Å². The molecule has 194 valence electrons. The van der Waals surface area contributed by atoms with Crippen LogP contribution < -0.4 is 20.7 Å². The maximum absolute atomic E-state index is 13.1. The minimum absolute atomic E-state index is 0.111. The standard InChI is InChI=1S/C27H42N4O4/c1-5-28-25(32)17-35-24-15-19(26(33)29-21-8-6-18(2)7-9-21)14-20(16-24)27(34)30-22-10-12-23(13-11-22)31(3)4/h14-16,18,21-23H,5-13,17H2,1-4H3,(H,28,32)(H,29,33)(H,30,34)/t18-,21-,22-,23-. The number of hydrogen-bond acceptors (Lipinski definition) is 5. The maximum atomic E-state index is 13.1. The lowest BCUT2D eigenvalue weighted by atomic mass is 9.87. The van der Waals surface area contributed by atoms with Gasteiger partial charge < -0.3 is 25.6 Å². The van der Waals surface area contributed by atoms with Gasteiger partial charge >= 0.3 is 0 Å². The average molecular weight is 487 g/mol. The van der Waals surface area contributed by atoms with E-state index in [-0.39, 0.29) is 36.4 Å². The van der Waals surface area contributed by atoms with Crippen molar-refractivity contribution in [3.05, 3.63) is 29.3 Å². The summed E-state index contributed by atoms with van der Waals surface area (Å²) in [6.45, 7) is 4.41. The van der Waals surface area contributed by atoms with Gasteiger partial charge in [0.15, 0.2) is 6.61 Å². The minimum atomic E-state index is -0.248. The first-order chi connectivity index (χ1) is 16.7. The monoisotopic (exact) mass is 486 g/mol. The summed E-state index contributed by atoms with van der Waals surface area (Å²) < 4.78 is 5.66. The molecular formula is C27H42N4O4. The van der Waals surface area contributed by atoms with Crippen LogP contribution in [-0.2, 0) is 4.79 Å². The number of hydrogen-bond donors (Lipinski definition) is 3. The summed E-state index contributed by atoms with van der Waals surface area (Å²) in [4.78, 5) is 40.3. The number of likely N-dealkylation sites (N-methyl/N-ethyl adjacent to an activating group) is 1. The van der Waals surface area contributed by atoms with Gasteiger partial charge in [-0.2, -0.15) is 0 Å². The predicted molar refractivity (Wildman–Crippen MR) is 137 cm³/mol. The Morgan fingerprint density at radius 3 is 1.86 bits per heavy atom. The molecule has 3 amide bonds. The van der Waals surface area contributed by atoms with Crippen molar-refractivity contribution in [1.29, 1.82) is 0 Å². The highest BCUT2D eigenvalue weighted by molar-refractivity contribution is 6.00. The Kier molecular flexibility index (Phi) is 9.95. The fourth-order valence-electron chi connectivity index (χ4n) is 5.02. The molecule has 1 aromatic rings. The summed E-state index contributed by atoms with van der Waals surface area (Å²) in [5.41, 5.74) is 0.744. The highest BCUT2D eigenvalue weighted by Crippen LogP contribution is 2.25. The van der Waals surface area contributed by atoms with Crippen LogP contribution in [0.1, 0.15) is 85.9 Å². The number of ether oxygens (including phenoxy) is 1. The molecule has 1 aromatic carbocycles. The quantitative estimate of drug-likeness (QED) is 0.498. The van der Waals surface area contributed by atoms with E-state index in [9.17, 15) is 14.4 Å². The number of amides is 3. The zero-order valence-corrected chi connectivity index (χ0v) is 21.7. The first-order valence-corrected chi connectivity index (χ1v) is 13.1. The number of nitrogens with one attached hydrogen (secondary N) is 3. The summed E-state index contributed by atoms with van der Waals surface area (Å²) in [6, 6.07) is 5.65. The number of nitrogens with zero attached hydrogens (tertiary/aromatic N) is 1. The molecule has 0 saturated heterocycles. The lowest BCUT2D eigenvalue weighted by Gasteiger charge is -2.33. The van der Waals surface area contributed by atoms with E-state index in [4.69, 9.17) is 4.74 Å². The highest BCUT2D eigenvalue weighted by Gasteiger charge is 2.25. The van der Waals surface area contributed by atoms with Crippen molar-refractivity contribution in [3.8, 4) is 5.75 Å². The molecule has 2 fully saturated rings. The van der Waals surface area contributed by atoms with Crippen LogP contribution in [0.2, 0.25) is 0 Å². The predicted octanol–water partition coefficient (Wildman–Crippen LogP) is 3.11. The molecule has 0 heterocycles. The maximum Gasteiger partial charge on any atom is 0.257 e. The molecule has 2 aliphatic rings. The van der Waals surface area contributed by atoms with Crippen molar-refractivity contribution in [2.75, 3.05) is 27.2 Å². The third-order valence-corrected chi connectivity index (χ3v) is 7.29. The third kappa shape index (κ3) is 8.23. The van der Waals surface area contributed by atoms with Gasteiger partial charge in [-0.25, -0.2) is 0 Å².